The van der Waals surface area contributed by atoms with Crippen LogP contribution in [-0.2, 0) is 6.42 Å². The Bertz CT molecular complexity index is 1090. The van der Waals surface area contributed by atoms with Gasteiger partial charge in [0.05, 0.1) is 11.2 Å². The second-order valence-corrected chi connectivity index (χ2v) is 6.27. The van der Waals surface area contributed by atoms with Crippen molar-refractivity contribution in [2.75, 3.05) is 18.5 Å². The molecule has 0 saturated carbocycles. The monoisotopic (exact) mass is 354 g/mol. The molecule has 0 aliphatic rings. The van der Waals surface area contributed by atoms with Crippen molar-refractivity contribution < 1.29 is 8.78 Å². The molecule has 26 heavy (non-hydrogen) atoms. The van der Waals surface area contributed by atoms with E-state index in [0.717, 1.165) is 38.6 Å². The highest BCUT2D eigenvalue weighted by atomic mass is 19.1. The molecular weight excluding hydrogens is 334 g/mol. The van der Waals surface area contributed by atoms with E-state index in [4.69, 9.17) is 5.73 Å². The number of fused-ring (bicyclic) bond motifs is 2. The number of hydrogen-bond acceptors (Lipinski definition) is 2. The molecule has 0 atom stereocenters. The molecular formula is C20H20F2N4. The zero-order valence-electron chi connectivity index (χ0n) is 14.4. The first kappa shape index (κ1) is 16.6. The molecule has 4 rings (SSSR count). The molecule has 0 saturated heterocycles. The summed E-state index contributed by atoms with van der Waals surface area (Å²) in [6, 6.07) is 9.40. The van der Waals surface area contributed by atoms with E-state index in [-0.39, 0.29) is 11.6 Å². The molecule has 0 spiro atoms. The number of nitrogens with zero attached hydrogens (tertiary/aromatic N) is 1. The Kier molecular flexibility index (Phi) is 4.12. The summed E-state index contributed by atoms with van der Waals surface area (Å²) in [7, 11) is 0. The smallest absolute Gasteiger partial charge is 0.123 e. The van der Waals surface area contributed by atoms with Gasteiger partial charge in [-0.1, -0.05) is 0 Å². The molecule has 4 nitrogen and oxygen atoms in total. The van der Waals surface area contributed by atoms with Crippen molar-refractivity contribution in [1.29, 1.82) is 0 Å². The molecule has 4 N–H and O–H groups in total. The zero-order valence-corrected chi connectivity index (χ0v) is 14.4. The third kappa shape index (κ3) is 2.54. The fourth-order valence-corrected chi connectivity index (χ4v) is 3.62. The van der Waals surface area contributed by atoms with Gasteiger partial charge < -0.3 is 16.1 Å². The summed E-state index contributed by atoms with van der Waals surface area (Å²) in [4.78, 5) is 3.20. The predicted molar refractivity (Wildman–Crippen MR) is 102 cm³/mol. The minimum atomic E-state index is -0.295. The minimum Gasteiger partial charge on any atom is -0.360 e. The van der Waals surface area contributed by atoms with Gasteiger partial charge in [0, 0.05) is 34.6 Å². The molecule has 134 valence electrons. The summed E-state index contributed by atoms with van der Waals surface area (Å²) in [6.07, 6.45) is 2.46. The van der Waals surface area contributed by atoms with E-state index in [1.807, 2.05) is 17.8 Å². The number of rotatable bonds is 5. The Morgan fingerprint density at radius 2 is 1.81 bits per heavy atom. The van der Waals surface area contributed by atoms with Crippen molar-refractivity contribution in [2.45, 2.75) is 13.3 Å². The Morgan fingerprint density at radius 1 is 1.08 bits per heavy atom. The van der Waals surface area contributed by atoms with Crippen molar-refractivity contribution in [1.82, 2.24) is 9.66 Å². The lowest BCUT2D eigenvalue weighted by Crippen LogP contribution is -2.15. The standard InChI is InChI=1S/C20H20F2N4/c1-2-25-26-19-6-4-13(22)10-16(19)14(7-8-23)20(26)17-11-24-18-5-3-12(21)9-15(17)18/h3-6,9-11,24-25H,2,7-8,23H2,1H3. The van der Waals surface area contributed by atoms with Crippen molar-refractivity contribution in [3.05, 3.63) is 59.8 Å². The number of nitrogens with one attached hydrogen (secondary N) is 2. The highest BCUT2D eigenvalue weighted by molar-refractivity contribution is 6.01. The van der Waals surface area contributed by atoms with Gasteiger partial charge >= 0.3 is 0 Å². The van der Waals surface area contributed by atoms with E-state index >= 15 is 0 Å². The quantitative estimate of drug-likeness (QED) is 0.505. The molecule has 2 heterocycles. The maximum atomic E-state index is 13.9. The summed E-state index contributed by atoms with van der Waals surface area (Å²) >= 11 is 0. The third-order valence-electron chi connectivity index (χ3n) is 4.64. The van der Waals surface area contributed by atoms with Gasteiger partial charge in [0.15, 0.2) is 0 Å². The van der Waals surface area contributed by atoms with Gasteiger partial charge in [-0.05, 0) is 61.9 Å². The summed E-state index contributed by atoms with van der Waals surface area (Å²) in [6.45, 7) is 3.12. The van der Waals surface area contributed by atoms with Gasteiger partial charge in [-0.15, -0.1) is 0 Å². The lowest BCUT2D eigenvalue weighted by atomic mass is 10.0. The Balaban J connectivity index is 2.10. The lowest BCUT2D eigenvalue weighted by molar-refractivity contribution is 0.629. The van der Waals surface area contributed by atoms with Crippen molar-refractivity contribution in [3.63, 3.8) is 0 Å². The molecule has 0 aliphatic heterocycles. The number of hydrogen-bond donors (Lipinski definition) is 3. The molecule has 0 fully saturated rings. The highest BCUT2D eigenvalue weighted by Crippen LogP contribution is 2.37. The Morgan fingerprint density at radius 3 is 2.54 bits per heavy atom. The fourth-order valence-electron chi connectivity index (χ4n) is 3.62. The van der Waals surface area contributed by atoms with Crippen molar-refractivity contribution >= 4 is 21.8 Å². The first-order chi connectivity index (χ1) is 12.6. The molecule has 4 aromatic rings. The van der Waals surface area contributed by atoms with E-state index < -0.39 is 0 Å². The topological polar surface area (TPSA) is 58.8 Å². The van der Waals surface area contributed by atoms with E-state index in [9.17, 15) is 8.78 Å². The van der Waals surface area contributed by atoms with Crippen LogP contribution in [0.25, 0.3) is 33.1 Å². The van der Waals surface area contributed by atoms with Crippen LogP contribution in [0.15, 0.2) is 42.6 Å². The van der Waals surface area contributed by atoms with Gasteiger partial charge in [0.2, 0.25) is 0 Å². The van der Waals surface area contributed by atoms with Gasteiger partial charge in [-0.2, -0.15) is 0 Å². The summed E-state index contributed by atoms with van der Waals surface area (Å²) in [5.41, 5.74) is 13.6. The van der Waals surface area contributed by atoms with Crippen molar-refractivity contribution in [3.8, 4) is 11.3 Å². The third-order valence-corrected chi connectivity index (χ3v) is 4.64. The molecule has 6 heteroatoms. The number of H-pyrrole nitrogens is 1. The number of aromatic nitrogens is 2. The first-order valence-corrected chi connectivity index (χ1v) is 8.67. The summed E-state index contributed by atoms with van der Waals surface area (Å²) in [5, 5.41) is 1.60. The highest BCUT2D eigenvalue weighted by Gasteiger charge is 2.21. The molecule has 0 aliphatic carbocycles. The number of benzene rings is 2. The van der Waals surface area contributed by atoms with Crippen LogP contribution < -0.4 is 11.2 Å². The fraction of sp³-hybridized carbons (Fsp3) is 0.200. The average molecular weight is 354 g/mol. The van der Waals surface area contributed by atoms with Crippen LogP contribution in [0.3, 0.4) is 0 Å². The number of aromatic amines is 1. The minimum absolute atomic E-state index is 0.291. The second-order valence-electron chi connectivity index (χ2n) is 6.27. The molecule has 0 bridgehead atoms. The number of nitrogens with two attached hydrogens (primary N) is 1. The van der Waals surface area contributed by atoms with E-state index in [1.54, 1.807) is 12.1 Å². The molecule has 0 radical (unpaired) electrons. The Labute approximate surface area is 149 Å². The average Bonchev–Trinajstić information content (AvgIpc) is 3.15. The van der Waals surface area contributed by atoms with Crippen LogP contribution in [0.1, 0.15) is 12.5 Å². The van der Waals surface area contributed by atoms with Gasteiger partial charge in [-0.3, -0.25) is 4.68 Å². The van der Waals surface area contributed by atoms with E-state index in [2.05, 4.69) is 10.4 Å². The molecule has 0 unspecified atom stereocenters. The van der Waals surface area contributed by atoms with E-state index in [0.29, 0.717) is 19.5 Å². The van der Waals surface area contributed by atoms with Gasteiger partial charge in [0.1, 0.15) is 11.6 Å². The predicted octanol–water partition coefficient (Wildman–Crippen LogP) is 4.13. The first-order valence-electron chi connectivity index (χ1n) is 8.67. The van der Waals surface area contributed by atoms with Crippen LogP contribution in [-0.4, -0.2) is 22.7 Å². The Hall–Kier alpha value is -2.86. The van der Waals surface area contributed by atoms with Crippen LogP contribution in [0.5, 0.6) is 0 Å². The SMILES string of the molecule is CCNn1c(-c2c[nH]c3ccc(F)cc23)c(CCN)c2cc(F)ccc21. The number of halogens is 2. The lowest BCUT2D eigenvalue weighted by Gasteiger charge is -2.13. The van der Waals surface area contributed by atoms with Gasteiger partial charge in [-0.25, -0.2) is 8.78 Å². The maximum Gasteiger partial charge on any atom is 0.123 e. The second kappa shape index (κ2) is 6.46. The summed E-state index contributed by atoms with van der Waals surface area (Å²) in [5.74, 6) is -0.586. The molecule has 2 aromatic carbocycles. The normalized spacial score (nSPS) is 11.5. The van der Waals surface area contributed by atoms with Gasteiger partial charge in [0.25, 0.3) is 0 Å². The van der Waals surface area contributed by atoms with Crippen LogP contribution in [0, 0.1) is 11.6 Å². The zero-order chi connectivity index (χ0) is 18.3. The molecule has 0 amide bonds. The largest absolute Gasteiger partial charge is 0.360 e. The van der Waals surface area contributed by atoms with Crippen LogP contribution in [0.4, 0.5) is 8.78 Å². The molecule has 2 aromatic heterocycles. The van der Waals surface area contributed by atoms with Crippen molar-refractivity contribution in [2.24, 2.45) is 5.73 Å². The van der Waals surface area contributed by atoms with Crippen LogP contribution >= 0.6 is 0 Å². The van der Waals surface area contributed by atoms with E-state index in [1.165, 1.54) is 24.3 Å². The summed E-state index contributed by atoms with van der Waals surface area (Å²) < 4.78 is 29.7. The maximum absolute atomic E-state index is 13.9. The van der Waals surface area contributed by atoms with Crippen LogP contribution in [0.2, 0.25) is 0 Å².